The summed E-state index contributed by atoms with van der Waals surface area (Å²) in [6, 6.07) is 8.03. The number of hydrogen-bond donors (Lipinski definition) is 1. The molecule has 0 spiro atoms. The van der Waals surface area contributed by atoms with E-state index in [1.54, 1.807) is 4.68 Å². The van der Waals surface area contributed by atoms with Crippen molar-refractivity contribution in [2.24, 2.45) is 0 Å². The third-order valence-electron chi connectivity index (χ3n) is 3.85. The summed E-state index contributed by atoms with van der Waals surface area (Å²) in [5.74, 6) is 0. The smallest absolute Gasteiger partial charge is 0.293 e. The van der Waals surface area contributed by atoms with Crippen molar-refractivity contribution >= 4 is 0 Å². The molecule has 0 saturated carbocycles. The molecule has 106 valence electrons. The van der Waals surface area contributed by atoms with Gasteiger partial charge in [0.25, 0.3) is 0 Å². The number of hydrogen-bond acceptors (Lipinski definition) is 3. The van der Waals surface area contributed by atoms with Gasteiger partial charge in [0.05, 0.1) is 6.54 Å². The fourth-order valence-electron chi connectivity index (χ4n) is 2.66. The van der Waals surface area contributed by atoms with Gasteiger partial charge < -0.3 is 0 Å². The largest absolute Gasteiger partial charge is 0.431 e. The molecular formula is C15H20N3O2+. The highest BCUT2D eigenvalue weighted by Gasteiger charge is 2.26. The van der Waals surface area contributed by atoms with Crippen LogP contribution in [0.25, 0.3) is 5.69 Å². The molecule has 1 N–H and O–H groups in total. The van der Waals surface area contributed by atoms with Crippen LogP contribution >= 0.6 is 0 Å². The van der Waals surface area contributed by atoms with Crippen molar-refractivity contribution < 1.29 is 9.20 Å². The summed E-state index contributed by atoms with van der Waals surface area (Å²) in [6.45, 7) is 4.79. The first kappa shape index (κ1) is 13.1. The molecule has 0 bridgehead atoms. The van der Waals surface area contributed by atoms with E-state index in [2.05, 4.69) is 10.2 Å². The molecule has 1 aliphatic heterocycles. The van der Waals surface area contributed by atoms with Crippen molar-refractivity contribution in [3.05, 3.63) is 45.9 Å². The zero-order valence-corrected chi connectivity index (χ0v) is 11.8. The summed E-state index contributed by atoms with van der Waals surface area (Å²) >= 11 is 0. The average molecular weight is 274 g/mol. The summed E-state index contributed by atoms with van der Waals surface area (Å²) in [7, 11) is 0. The van der Waals surface area contributed by atoms with Crippen LogP contribution in [-0.2, 0) is 6.54 Å². The van der Waals surface area contributed by atoms with E-state index in [1.807, 2.05) is 31.2 Å². The zero-order chi connectivity index (χ0) is 13.9. The highest BCUT2D eigenvalue weighted by molar-refractivity contribution is 5.26. The molecule has 5 heteroatoms. The number of aromatic nitrogens is 2. The van der Waals surface area contributed by atoms with Gasteiger partial charge in [-0.15, -0.1) is 0 Å². The summed E-state index contributed by atoms with van der Waals surface area (Å²) in [4.78, 5) is 14.2. The number of likely N-dealkylation sites (tertiary alicyclic amines) is 1. The van der Waals surface area contributed by atoms with Crippen molar-refractivity contribution in [2.45, 2.75) is 32.7 Å². The molecule has 2 heterocycles. The highest BCUT2D eigenvalue weighted by atomic mass is 16.5. The molecule has 0 radical (unpaired) electrons. The molecule has 0 amide bonds. The number of aromatic amines is 1. The second-order valence-corrected chi connectivity index (χ2v) is 5.44. The SMILES string of the molecule is Cc1ccc(-[n+]2[nH]oc(=O)c2CN2CCCCC2)cc1. The Morgan fingerprint density at radius 1 is 1.20 bits per heavy atom. The Bertz CT molecular complexity index is 621. The third-order valence-corrected chi connectivity index (χ3v) is 3.85. The number of nitrogens with zero attached hydrogens (tertiary/aromatic N) is 2. The van der Waals surface area contributed by atoms with Gasteiger partial charge in [-0.05, 0) is 42.8 Å². The predicted molar refractivity (Wildman–Crippen MR) is 74.7 cm³/mol. The van der Waals surface area contributed by atoms with Gasteiger partial charge in [-0.2, -0.15) is 0 Å². The van der Waals surface area contributed by atoms with Crippen molar-refractivity contribution in [1.29, 1.82) is 0 Å². The maximum atomic E-state index is 11.9. The van der Waals surface area contributed by atoms with E-state index < -0.39 is 0 Å². The quantitative estimate of drug-likeness (QED) is 0.864. The first-order valence-corrected chi connectivity index (χ1v) is 7.16. The molecule has 1 aromatic carbocycles. The van der Waals surface area contributed by atoms with Crippen LogP contribution in [0.15, 0.2) is 33.6 Å². The van der Waals surface area contributed by atoms with Crippen molar-refractivity contribution in [1.82, 2.24) is 10.2 Å². The lowest BCUT2D eigenvalue weighted by Crippen LogP contribution is -2.42. The zero-order valence-electron chi connectivity index (χ0n) is 11.8. The van der Waals surface area contributed by atoms with Gasteiger partial charge in [0.1, 0.15) is 0 Å². The standard InChI is InChI=1S/C15H19N3O2/c1-12-5-7-13(8-6-12)18-14(15(19)20-16-18)11-17-9-3-2-4-10-17/h5-8H,2-4,9-11H2,1H3/p+1. The normalized spacial score (nSPS) is 16.4. The first-order valence-electron chi connectivity index (χ1n) is 7.16. The number of benzene rings is 1. The third kappa shape index (κ3) is 2.67. The van der Waals surface area contributed by atoms with E-state index in [1.165, 1.54) is 24.8 Å². The van der Waals surface area contributed by atoms with Gasteiger partial charge in [-0.3, -0.25) is 9.42 Å². The van der Waals surface area contributed by atoms with Crippen LogP contribution < -0.4 is 10.3 Å². The van der Waals surface area contributed by atoms with Crippen LogP contribution in [0.3, 0.4) is 0 Å². The Balaban J connectivity index is 1.88. The number of rotatable bonds is 3. The summed E-state index contributed by atoms with van der Waals surface area (Å²) in [5.41, 5.74) is 2.50. The van der Waals surface area contributed by atoms with Crippen LogP contribution in [0.4, 0.5) is 0 Å². The Morgan fingerprint density at radius 3 is 2.60 bits per heavy atom. The van der Waals surface area contributed by atoms with Gasteiger partial charge in [0, 0.05) is 12.1 Å². The highest BCUT2D eigenvalue weighted by Crippen LogP contribution is 2.10. The predicted octanol–water partition coefficient (Wildman–Crippen LogP) is 1.54. The summed E-state index contributed by atoms with van der Waals surface area (Å²) in [6.07, 6.45) is 3.71. The van der Waals surface area contributed by atoms with E-state index in [0.29, 0.717) is 12.2 Å². The number of aryl methyl sites for hydroxylation is 1. The van der Waals surface area contributed by atoms with Crippen LogP contribution in [0.1, 0.15) is 30.5 Å². The van der Waals surface area contributed by atoms with Crippen LogP contribution in [0.2, 0.25) is 0 Å². The lowest BCUT2D eigenvalue weighted by atomic mass is 10.1. The van der Waals surface area contributed by atoms with Gasteiger partial charge >= 0.3 is 11.3 Å². The number of piperidine rings is 1. The van der Waals surface area contributed by atoms with Crippen LogP contribution in [0.5, 0.6) is 0 Å². The van der Waals surface area contributed by atoms with E-state index in [-0.39, 0.29) is 5.63 Å². The molecule has 0 aliphatic carbocycles. The molecule has 0 atom stereocenters. The molecule has 1 fully saturated rings. The number of H-pyrrole nitrogens is 1. The summed E-state index contributed by atoms with van der Waals surface area (Å²) < 4.78 is 6.72. The molecule has 1 aromatic heterocycles. The maximum Gasteiger partial charge on any atom is 0.431 e. The van der Waals surface area contributed by atoms with Crippen molar-refractivity contribution in [2.75, 3.05) is 13.1 Å². The first-order chi connectivity index (χ1) is 9.74. The Hall–Kier alpha value is -1.88. The Kier molecular flexibility index (Phi) is 3.69. The minimum Gasteiger partial charge on any atom is -0.293 e. The molecule has 5 nitrogen and oxygen atoms in total. The molecule has 1 aliphatic rings. The molecule has 2 aromatic rings. The van der Waals surface area contributed by atoms with Gasteiger partial charge in [0.2, 0.25) is 5.69 Å². The minimum atomic E-state index is -0.281. The van der Waals surface area contributed by atoms with E-state index >= 15 is 0 Å². The molecule has 20 heavy (non-hydrogen) atoms. The monoisotopic (exact) mass is 274 g/mol. The van der Waals surface area contributed by atoms with E-state index in [4.69, 9.17) is 4.52 Å². The summed E-state index contributed by atoms with van der Waals surface area (Å²) in [5, 5.41) is 2.70. The molecular weight excluding hydrogens is 254 g/mol. The molecule has 1 saturated heterocycles. The number of nitrogens with one attached hydrogen (secondary N) is 1. The second-order valence-electron chi connectivity index (χ2n) is 5.44. The Morgan fingerprint density at radius 2 is 1.90 bits per heavy atom. The molecule has 0 unspecified atom stereocenters. The lowest BCUT2D eigenvalue weighted by molar-refractivity contribution is -0.678. The second kappa shape index (κ2) is 5.63. The van der Waals surface area contributed by atoms with Gasteiger partial charge in [-0.25, -0.2) is 4.79 Å². The van der Waals surface area contributed by atoms with E-state index in [0.717, 1.165) is 18.8 Å². The van der Waals surface area contributed by atoms with Crippen molar-refractivity contribution in [3.63, 3.8) is 0 Å². The van der Waals surface area contributed by atoms with Crippen LogP contribution in [0, 0.1) is 6.92 Å². The van der Waals surface area contributed by atoms with Gasteiger partial charge in [-0.1, -0.05) is 24.1 Å². The van der Waals surface area contributed by atoms with Gasteiger partial charge in [0.15, 0.2) is 0 Å². The molecule has 3 rings (SSSR count). The van der Waals surface area contributed by atoms with E-state index in [9.17, 15) is 4.79 Å². The topological polar surface area (TPSA) is 53.1 Å². The average Bonchev–Trinajstić information content (AvgIpc) is 2.83. The lowest BCUT2D eigenvalue weighted by Gasteiger charge is -2.23. The Labute approximate surface area is 117 Å². The maximum absolute atomic E-state index is 11.9. The fraction of sp³-hybridized carbons (Fsp3) is 0.467. The van der Waals surface area contributed by atoms with Crippen LogP contribution in [-0.4, -0.2) is 23.3 Å². The minimum absolute atomic E-state index is 0.281. The fourth-order valence-corrected chi connectivity index (χ4v) is 2.66. The van der Waals surface area contributed by atoms with Crippen molar-refractivity contribution in [3.8, 4) is 5.69 Å².